The summed E-state index contributed by atoms with van der Waals surface area (Å²) < 4.78 is 13.0. The Kier molecular flexibility index (Phi) is 4.61. The topological polar surface area (TPSA) is 79.3 Å². The largest absolute Gasteiger partial charge is 0.480 e. The molecule has 0 radical (unpaired) electrons. The molecule has 2 aromatic rings. The zero-order chi connectivity index (χ0) is 15.2. The quantitative estimate of drug-likeness (QED) is 0.876. The number of aromatic nitrogens is 1. The van der Waals surface area contributed by atoms with Gasteiger partial charge >= 0.3 is 5.97 Å². The number of carboxylic acid groups (broad SMARTS) is 1. The number of hydrogen-bond acceptors (Lipinski definition) is 3. The Hall–Kier alpha value is -2.76. The number of carboxylic acids is 1. The lowest BCUT2D eigenvalue weighted by Gasteiger charge is -2.14. The molecule has 0 aliphatic carbocycles. The van der Waals surface area contributed by atoms with Crippen LogP contribution in [0.1, 0.15) is 15.9 Å². The summed E-state index contributed by atoms with van der Waals surface area (Å²) in [6.07, 6.45) is 2.29. The molecule has 2 rings (SSSR count). The van der Waals surface area contributed by atoms with Crippen molar-refractivity contribution >= 4 is 11.9 Å². The van der Waals surface area contributed by atoms with Gasteiger partial charge in [0.1, 0.15) is 11.9 Å². The first-order valence-corrected chi connectivity index (χ1v) is 6.24. The van der Waals surface area contributed by atoms with E-state index in [1.54, 1.807) is 24.3 Å². The van der Waals surface area contributed by atoms with Crippen molar-refractivity contribution in [3.63, 3.8) is 0 Å². The van der Waals surface area contributed by atoms with E-state index >= 15 is 0 Å². The molecule has 5 nitrogen and oxygen atoms in total. The van der Waals surface area contributed by atoms with E-state index in [1.165, 1.54) is 6.20 Å². The number of pyridine rings is 1. The number of nitrogens with one attached hydrogen (secondary N) is 1. The summed E-state index contributed by atoms with van der Waals surface area (Å²) in [4.78, 5) is 26.7. The monoisotopic (exact) mass is 288 g/mol. The van der Waals surface area contributed by atoms with Crippen LogP contribution in [0.3, 0.4) is 0 Å². The van der Waals surface area contributed by atoms with Crippen molar-refractivity contribution in [1.29, 1.82) is 0 Å². The molecule has 0 bridgehead atoms. The molecule has 0 aliphatic rings. The molecule has 0 saturated carbocycles. The molecule has 2 N–H and O–H groups in total. The molecule has 0 aliphatic heterocycles. The summed E-state index contributed by atoms with van der Waals surface area (Å²) in [6.45, 7) is 0. The molecule has 1 aromatic heterocycles. The van der Waals surface area contributed by atoms with Crippen LogP contribution in [-0.4, -0.2) is 28.0 Å². The van der Waals surface area contributed by atoms with Crippen molar-refractivity contribution in [2.24, 2.45) is 0 Å². The molecule has 0 spiro atoms. The maximum Gasteiger partial charge on any atom is 0.326 e. The Morgan fingerprint density at radius 3 is 2.57 bits per heavy atom. The third-order valence-electron chi connectivity index (χ3n) is 2.85. The van der Waals surface area contributed by atoms with Crippen LogP contribution in [0.4, 0.5) is 4.39 Å². The SMILES string of the molecule is O=C(N[C@@H](Cc1ccccc1)C(=O)O)c1cncc(F)c1. The molecule has 1 aromatic carbocycles. The predicted octanol–water partition coefficient (Wildman–Crippen LogP) is 1.65. The van der Waals surface area contributed by atoms with Crippen molar-refractivity contribution in [2.75, 3.05) is 0 Å². The third-order valence-corrected chi connectivity index (χ3v) is 2.85. The highest BCUT2D eigenvalue weighted by Gasteiger charge is 2.21. The van der Waals surface area contributed by atoms with Gasteiger partial charge < -0.3 is 10.4 Å². The van der Waals surface area contributed by atoms with Gasteiger partial charge in [-0.15, -0.1) is 0 Å². The molecule has 0 saturated heterocycles. The lowest BCUT2D eigenvalue weighted by Crippen LogP contribution is -2.42. The lowest BCUT2D eigenvalue weighted by atomic mass is 10.1. The van der Waals surface area contributed by atoms with E-state index in [9.17, 15) is 19.1 Å². The first-order chi connectivity index (χ1) is 10.1. The third kappa shape index (κ3) is 4.10. The van der Waals surface area contributed by atoms with Gasteiger partial charge in [-0.3, -0.25) is 9.78 Å². The van der Waals surface area contributed by atoms with Crippen molar-refractivity contribution in [2.45, 2.75) is 12.5 Å². The van der Waals surface area contributed by atoms with Gasteiger partial charge in [-0.2, -0.15) is 0 Å². The number of amides is 1. The number of aliphatic carboxylic acids is 1. The second-order valence-corrected chi connectivity index (χ2v) is 4.45. The first-order valence-electron chi connectivity index (χ1n) is 6.24. The summed E-state index contributed by atoms with van der Waals surface area (Å²) in [6, 6.07) is 8.83. The molecule has 1 amide bonds. The van der Waals surface area contributed by atoms with Crippen molar-refractivity contribution in [1.82, 2.24) is 10.3 Å². The van der Waals surface area contributed by atoms with Gasteiger partial charge in [0, 0.05) is 12.6 Å². The Balaban J connectivity index is 2.10. The molecule has 0 fully saturated rings. The van der Waals surface area contributed by atoms with Crippen LogP contribution in [0.2, 0.25) is 0 Å². The Bertz CT molecular complexity index is 646. The van der Waals surface area contributed by atoms with Gasteiger partial charge in [0.05, 0.1) is 11.8 Å². The highest BCUT2D eigenvalue weighted by Crippen LogP contribution is 2.06. The van der Waals surface area contributed by atoms with Gasteiger partial charge in [0.25, 0.3) is 5.91 Å². The molecule has 0 unspecified atom stereocenters. The maximum absolute atomic E-state index is 13.0. The number of carbonyl (C=O) groups is 2. The number of benzene rings is 1. The average molecular weight is 288 g/mol. The number of nitrogens with zero attached hydrogens (tertiary/aromatic N) is 1. The number of hydrogen-bond donors (Lipinski definition) is 2. The van der Waals surface area contributed by atoms with Gasteiger partial charge in [-0.25, -0.2) is 9.18 Å². The molecule has 1 atom stereocenters. The van der Waals surface area contributed by atoms with Crippen LogP contribution in [0.5, 0.6) is 0 Å². The Labute approximate surface area is 120 Å². The van der Waals surface area contributed by atoms with E-state index in [0.29, 0.717) is 0 Å². The molecule has 1 heterocycles. The summed E-state index contributed by atoms with van der Waals surface area (Å²) in [5, 5.41) is 11.5. The van der Waals surface area contributed by atoms with E-state index in [2.05, 4.69) is 10.3 Å². The van der Waals surface area contributed by atoms with Gasteiger partial charge in [-0.05, 0) is 11.6 Å². The fourth-order valence-corrected chi connectivity index (χ4v) is 1.83. The van der Waals surface area contributed by atoms with E-state index in [1.807, 2.05) is 6.07 Å². The molecular formula is C15H13FN2O3. The van der Waals surface area contributed by atoms with Crippen molar-refractivity contribution < 1.29 is 19.1 Å². The second kappa shape index (κ2) is 6.60. The normalized spacial score (nSPS) is 11.7. The highest BCUT2D eigenvalue weighted by atomic mass is 19.1. The summed E-state index contributed by atoms with van der Waals surface area (Å²) >= 11 is 0. The van der Waals surface area contributed by atoms with E-state index in [0.717, 1.165) is 17.8 Å². The summed E-state index contributed by atoms with van der Waals surface area (Å²) in [7, 11) is 0. The van der Waals surface area contributed by atoms with Crippen LogP contribution in [0.15, 0.2) is 48.8 Å². The minimum Gasteiger partial charge on any atom is -0.480 e. The van der Waals surface area contributed by atoms with Crippen LogP contribution < -0.4 is 5.32 Å². The highest BCUT2D eigenvalue weighted by molar-refractivity contribution is 5.96. The average Bonchev–Trinajstić information content (AvgIpc) is 2.47. The Morgan fingerprint density at radius 2 is 1.95 bits per heavy atom. The first kappa shape index (κ1) is 14.6. The zero-order valence-corrected chi connectivity index (χ0v) is 11.0. The smallest absolute Gasteiger partial charge is 0.326 e. The summed E-state index contributed by atoms with van der Waals surface area (Å²) in [5.41, 5.74) is 0.761. The molecule has 6 heteroatoms. The zero-order valence-electron chi connectivity index (χ0n) is 11.0. The minimum absolute atomic E-state index is 0.0192. The van der Waals surface area contributed by atoms with Crippen LogP contribution >= 0.6 is 0 Å². The lowest BCUT2D eigenvalue weighted by molar-refractivity contribution is -0.139. The number of rotatable bonds is 5. The van der Waals surface area contributed by atoms with Gasteiger partial charge in [-0.1, -0.05) is 30.3 Å². The van der Waals surface area contributed by atoms with E-state index in [-0.39, 0.29) is 12.0 Å². The molecular weight excluding hydrogens is 275 g/mol. The number of carbonyl (C=O) groups excluding carboxylic acids is 1. The van der Waals surface area contributed by atoms with Gasteiger partial charge in [0.15, 0.2) is 0 Å². The minimum atomic E-state index is -1.16. The van der Waals surface area contributed by atoms with E-state index in [4.69, 9.17) is 0 Å². The fourth-order valence-electron chi connectivity index (χ4n) is 1.83. The van der Waals surface area contributed by atoms with Gasteiger partial charge in [0.2, 0.25) is 0 Å². The van der Waals surface area contributed by atoms with Crippen LogP contribution in [0.25, 0.3) is 0 Å². The number of halogens is 1. The second-order valence-electron chi connectivity index (χ2n) is 4.45. The fraction of sp³-hybridized carbons (Fsp3) is 0.133. The standard InChI is InChI=1S/C15H13FN2O3/c16-12-7-11(8-17-9-12)14(19)18-13(15(20)21)6-10-4-2-1-3-5-10/h1-5,7-9,13H,6H2,(H,18,19)(H,20,21)/t13-/m0/s1. The summed E-state index contributed by atoms with van der Waals surface area (Å²) in [5.74, 6) is -2.49. The maximum atomic E-state index is 13.0. The Morgan fingerprint density at radius 1 is 1.24 bits per heavy atom. The predicted molar refractivity (Wildman–Crippen MR) is 73.2 cm³/mol. The van der Waals surface area contributed by atoms with Crippen molar-refractivity contribution in [3.05, 3.63) is 65.7 Å². The van der Waals surface area contributed by atoms with Crippen molar-refractivity contribution in [3.8, 4) is 0 Å². The molecule has 108 valence electrons. The van der Waals surface area contributed by atoms with E-state index < -0.39 is 23.7 Å². The van der Waals surface area contributed by atoms with Crippen LogP contribution in [0, 0.1) is 5.82 Å². The van der Waals surface area contributed by atoms with Crippen LogP contribution in [-0.2, 0) is 11.2 Å². The molecule has 21 heavy (non-hydrogen) atoms.